The maximum Gasteiger partial charge on any atom is 0.451 e. The van der Waals surface area contributed by atoms with Gasteiger partial charge in [-0.05, 0) is 18.9 Å². The number of pyridine rings is 1. The number of nitrogens with zero attached hydrogens (tertiary/aromatic N) is 4. The molecule has 1 fully saturated rings. The Morgan fingerprint density at radius 3 is 2.45 bits per heavy atom. The van der Waals surface area contributed by atoms with E-state index in [1.54, 1.807) is 4.90 Å². The number of hydrogen-bond donors (Lipinski definition) is 0. The Kier molecular flexibility index (Phi) is 3.67. The Morgan fingerprint density at radius 2 is 1.82 bits per heavy atom. The summed E-state index contributed by atoms with van der Waals surface area (Å²) in [5.41, 5.74) is -0.118. The van der Waals surface area contributed by atoms with Gasteiger partial charge in [0.2, 0.25) is 5.82 Å². The lowest BCUT2D eigenvalue weighted by Gasteiger charge is -2.18. The summed E-state index contributed by atoms with van der Waals surface area (Å²) in [7, 11) is 0. The number of rotatable bonds is 2. The van der Waals surface area contributed by atoms with Gasteiger partial charge in [0.15, 0.2) is 5.82 Å². The molecule has 1 saturated heterocycles. The average molecular weight is 312 g/mol. The summed E-state index contributed by atoms with van der Waals surface area (Å²) >= 11 is 0. The zero-order chi connectivity index (χ0) is 15.7. The maximum absolute atomic E-state index is 13.8. The quantitative estimate of drug-likeness (QED) is 0.798. The fourth-order valence-corrected chi connectivity index (χ4v) is 2.39. The molecule has 0 unspecified atom stereocenters. The highest BCUT2D eigenvalue weighted by molar-refractivity contribution is 5.63. The predicted octanol–water partition coefficient (Wildman–Crippen LogP) is 3.30. The van der Waals surface area contributed by atoms with Crippen LogP contribution < -0.4 is 4.90 Å². The van der Waals surface area contributed by atoms with Crippen LogP contribution in [0.4, 0.5) is 23.4 Å². The van der Waals surface area contributed by atoms with Gasteiger partial charge in [-0.25, -0.2) is 14.4 Å². The number of halogens is 4. The van der Waals surface area contributed by atoms with Crippen molar-refractivity contribution in [3.63, 3.8) is 0 Å². The Bertz CT molecular complexity index is 681. The van der Waals surface area contributed by atoms with Gasteiger partial charge in [-0.1, -0.05) is 0 Å². The molecule has 0 N–H and O–H groups in total. The van der Waals surface area contributed by atoms with Crippen LogP contribution in [0.15, 0.2) is 24.5 Å². The molecule has 0 bridgehead atoms. The van der Waals surface area contributed by atoms with Crippen molar-refractivity contribution >= 4 is 5.82 Å². The topological polar surface area (TPSA) is 41.9 Å². The van der Waals surface area contributed by atoms with Crippen LogP contribution in [0.1, 0.15) is 18.7 Å². The molecule has 116 valence electrons. The smallest absolute Gasteiger partial charge is 0.356 e. The Labute approximate surface area is 123 Å². The van der Waals surface area contributed by atoms with Crippen molar-refractivity contribution < 1.29 is 17.6 Å². The number of anilines is 1. The molecule has 8 heteroatoms. The summed E-state index contributed by atoms with van der Waals surface area (Å²) in [6.07, 6.45) is -0.647. The molecular formula is C14H12F4N4. The van der Waals surface area contributed by atoms with Crippen molar-refractivity contribution in [3.05, 3.63) is 36.2 Å². The third-order valence-corrected chi connectivity index (χ3v) is 3.44. The van der Waals surface area contributed by atoms with E-state index >= 15 is 0 Å². The number of aromatic nitrogens is 3. The third-order valence-electron chi connectivity index (χ3n) is 3.44. The summed E-state index contributed by atoms with van der Waals surface area (Å²) in [6.45, 7) is 1.26. The molecule has 1 aliphatic rings. The first-order valence-corrected chi connectivity index (χ1v) is 6.76. The minimum Gasteiger partial charge on any atom is -0.356 e. The average Bonchev–Trinajstić information content (AvgIpc) is 3.00. The van der Waals surface area contributed by atoms with E-state index in [1.807, 2.05) is 0 Å². The van der Waals surface area contributed by atoms with Crippen molar-refractivity contribution in [3.8, 4) is 11.3 Å². The van der Waals surface area contributed by atoms with E-state index in [2.05, 4.69) is 15.0 Å². The van der Waals surface area contributed by atoms with Crippen LogP contribution in [0.25, 0.3) is 11.3 Å². The van der Waals surface area contributed by atoms with Crippen LogP contribution in [0.3, 0.4) is 0 Å². The molecule has 0 spiro atoms. The fourth-order valence-electron chi connectivity index (χ4n) is 2.39. The van der Waals surface area contributed by atoms with Crippen molar-refractivity contribution in [1.29, 1.82) is 0 Å². The summed E-state index contributed by atoms with van der Waals surface area (Å²) < 4.78 is 52.8. The van der Waals surface area contributed by atoms with Crippen LogP contribution >= 0.6 is 0 Å². The van der Waals surface area contributed by atoms with Crippen molar-refractivity contribution in [2.45, 2.75) is 19.0 Å². The van der Waals surface area contributed by atoms with E-state index in [1.165, 1.54) is 18.3 Å². The highest BCUT2D eigenvalue weighted by atomic mass is 19.4. The molecule has 0 amide bonds. The molecule has 2 aromatic heterocycles. The second-order valence-electron chi connectivity index (χ2n) is 4.98. The van der Waals surface area contributed by atoms with Gasteiger partial charge in [0.05, 0.1) is 11.9 Å². The first kappa shape index (κ1) is 14.7. The van der Waals surface area contributed by atoms with Crippen molar-refractivity contribution in [2.24, 2.45) is 0 Å². The van der Waals surface area contributed by atoms with Crippen molar-refractivity contribution in [1.82, 2.24) is 15.0 Å². The van der Waals surface area contributed by atoms with E-state index in [4.69, 9.17) is 0 Å². The fraction of sp³-hybridized carbons (Fsp3) is 0.357. The lowest BCUT2D eigenvalue weighted by atomic mass is 10.1. The molecule has 0 aliphatic carbocycles. The first-order chi connectivity index (χ1) is 10.4. The number of alkyl halides is 3. The van der Waals surface area contributed by atoms with Gasteiger partial charge < -0.3 is 4.90 Å². The lowest BCUT2D eigenvalue weighted by molar-refractivity contribution is -0.144. The van der Waals surface area contributed by atoms with Gasteiger partial charge in [0, 0.05) is 30.9 Å². The Balaban J connectivity index is 2.13. The third kappa shape index (κ3) is 2.86. The Hall–Kier alpha value is -2.25. The molecule has 1 aliphatic heterocycles. The number of hydrogen-bond acceptors (Lipinski definition) is 4. The zero-order valence-corrected chi connectivity index (χ0v) is 11.4. The molecule has 0 saturated carbocycles. The monoisotopic (exact) mass is 312 g/mol. The van der Waals surface area contributed by atoms with Gasteiger partial charge in [-0.3, -0.25) is 4.98 Å². The molecule has 22 heavy (non-hydrogen) atoms. The predicted molar refractivity (Wildman–Crippen MR) is 71.7 cm³/mol. The molecular weight excluding hydrogens is 300 g/mol. The van der Waals surface area contributed by atoms with E-state index in [0.29, 0.717) is 13.1 Å². The van der Waals surface area contributed by atoms with Gasteiger partial charge in [-0.15, -0.1) is 0 Å². The Morgan fingerprint density at radius 1 is 1.09 bits per heavy atom. The van der Waals surface area contributed by atoms with Gasteiger partial charge in [0.1, 0.15) is 5.82 Å². The highest BCUT2D eigenvalue weighted by Crippen LogP contribution is 2.32. The molecule has 3 rings (SSSR count). The van der Waals surface area contributed by atoms with Crippen molar-refractivity contribution in [2.75, 3.05) is 18.0 Å². The minimum absolute atomic E-state index is 0.0247. The lowest BCUT2D eigenvalue weighted by Crippen LogP contribution is -2.22. The maximum atomic E-state index is 13.8. The second kappa shape index (κ2) is 5.51. The van der Waals surface area contributed by atoms with Gasteiger partial charge in [0.25, 0.3) is 0 Å². The standard InChI is InChI=1S/C14H12F4N4/c15-10-8-19-4-3-9(10)11-7-12(22-5-1-2-6-22)21-13(20-11)14(16,17)18/h3-4,7-8H,1-2,5-6H2. The van der Waals surface area contributed by atoms with Crippen LogP contribution in [0.2, 0.25) is 0 Å². The largest absolute Gasteiger partial charge is 0.451 e. The zero-order valence-electron chi connectivity index (χ0n) is 11.4. The summed E-state index contributed by atoms with van der Waals surface area (Å²) in [4.78, 5) is 12.4. The molecule has 4 nitrogen and oxygen atoms in total. The van der Waals surface area contributed by atoms with Gasteiger partial charge in [-0.2, -0.15) is 13.2 Å². The van der Waals surface area contributed by atoms with E-state index in [-0.39, 0.29) is 17.1 Å². The highest BCUT2D eigenvalue weighted by Gasteiger charge is 2.36. The molecule has 0 atom stereocenters. The molecule has 3 heterocycles. The summed E-state index contributed by atoms with van der Waals surface area (Å²) in [6, 6.07) is 2.69. The van der Waals surface area contributed by atoms with E-state index < -0.39 is 17.8 Å². The summed E-state index contributed by atoms with van der Waals surface area (Å²) in [5.74, 6) is -1.81. The van der Waals surface area contributed by atoms with Crippen LogP contribution in [0.5, 0.6) is 0 Å². The molecule has 0 aromatic carbocycles. The first-order valence-electron chi connectivity index (χ1n) is 6.76. The van der Waals surface area contributed by atoms with Crippen LogP contribution in [0, 0.1) is 5.82 Å². The van der Waals surface area contributed by atoms with E-state index in [9.17, 15) is 17.6 Å². The molecule has 2 aromatic rings. The van der Waals surface area contributed by atoms with Crippen LogP contribution in [-0.2, 0) is 6.18 Å². The van der Waals surface area contributed by atoms with E-state index in [0.717, 1.165) is 19.0 Å². The normalized spacial score (nSPS) is 15.4. The van der Waals surface area contributed by atoms with Gasteiger partial charge >= 0.3 is 6.18 Å². The summed E-state index contributed by atoms with van der Waals surface area (Å²) in [5, 5.41) is 0. The minimum atomic E-state index is -4.69. The second-order valence-corrected chi connectivity index (χ2v) is 4.98. The SMILES string of the molecule is Fc1cnccc1-c1cc(N2CCCC2)nc(C(F)(F)F)n1. The van der Waals surface area contributed by atoms with Crippen LogP contribution in [-0.4, -0.2) is 28.0 Å². The molecule has 0 radical (unpaired) electrons.